The number of nitrogens with zero attached hydrogens (tertiary/aromatic N) is 2. The standard InChI is InChI=1S/C24H26N2O6S/c1-16-10-11-18(33(30,31)26-12-6-5-7-17(26)2)15-21(16)24(29)32-14-13-25-22(27)19-8-3-4-9-20(19)23(25)28/h3-4,8-11,15,17H,5-7,12-14H2,1-2H3/t17-/m0/s1. The van der Waals surface area contributed by atoms with Crippen LogP contribution in [0.25, 0.3) is 0 Å². The van der Waals surface area contributed by atoms with Gasteiger partial charge in [0.1, 0.15) is 6.61 Å². The van der Waals surface area contributed by atoms with Crippen LogP contribution < -0.4 is 0 Å². The number of piperidine rings is 1. The van der Waals surface area contributed by atoms with Crippen LogP contribution in [0.3, 0.4) is 0 Å². The first-order valence-corrected chi connectivity index (χ1v) is 12.4. The average Bonchev–Trinajstić information content (AvgIpc) is 3.04. The Morgan fingerprint density at radius 3 is 2.36 bits per heavy atom. The summed E-state index contributed by atoms with van der Waals surface area (Å²) in [5.41, 5.74) is 1.37. The third-order valence-corrected chi connectivity index (χ3v) is 8.21. The van der Waals surface area contributed by atoms with Crippen molar-refractivity contribution in [1.29, 1.82) is 0 Å². The topological polar surface area (TPSA) is 101 Å². The Labute approximate surface area is 193 Å². The van der Waals surface area contributed by atoms with Crippen LogP contribution in [0.5, 0.6) is 0 Å². The molecule has 0 aromatic heterocycles. The van der Waals surface area contributed by atoms with E-state index in [9.17, 15) is 22.8 Å². The summed E-state index contributed by atoms with van der Waals surface area (Å²) in [5.74, 6) is -1.55. The molecule has 8 nitrogen and oxygen atoms in total. The van der Waals surface area contributed by atoms with Crippen LogP contribution in [0.1, 0.15) is 62.8 Å². The molecule has 2 aromatic carbocycles. The molecule has 0 aliphatic carbocycles. The minimum absolute atomic E-state index is 0.0501. The van der Waals surface area contributed by atoms with E-state index in [2.05, 4.69) is 0 Å². The zero-order chi connectivity index (χ0) is 23.8. The first-order valence-electron chi connectivity index (χ1n) is 11.0. The first kappa shape index (κ1) is 23.1. The molecule has 33 heavy (non-hydrogen) atoms. The predicted molar refractivity (Wildman–Crippen MR) is 120 cm³/mol. The van der Waals surface area contributed by atoms with Crippen molar-refractivity contribution in [1.82, 2.24) is 9.21 Å². The van der Waals surface area contributed by atoms with Gasteiger partial charge in [-0.25, -0.2) is 13.2 Å². The summed E-state index contributed by atoms with van der Waals surface area (Å²) >= 11 is 0. The lowest BCUT2D eigenvalue weighted by Crippen LogP contribution is -2.41. The van der Waals surface area contributed by atoms with Gasteiger partial charge in [0, 0.05) is 12.6 Å². The molecular formula is C24H26N2O6S. The summed E-state index contributed by atoms with van der Waals surface area (Å²) in [5, 5.41) is 0. The second-order valence-corrected chi connectivity index (χ2v) is 10.3. The molecule has 1 atom stereocenters. The van der Waals surface area contributed by atoms with Crippen LogP contribution in [-0.4, -0.2) is 61.1 Å². The highest BCUT2D eigenvalue weighted by Gasteiger charge is 2.35. The molecule has 1 saturated heterocycles. The van der Waals surface area contributed by atoms with Gasteiger partial charge in [0.25, 0.3) is 11.8 Å². The van der Waals surface area contributed by atoms with Crippen LogP contribution in [-0.2, 0) is 14.8 Å². The molecule has 0 radical (unpaired) electrons. The van der Waals surface area contributed by atoms with E-state index < -0.39 is 27.8 Å². The number of carbonyl (C=O) groups is 3. The van der Waals surface area contributed by atoms with Gasteiger partial charge in [0.15, 0.2) is 0 Å². The highest BCUT2D eigenvalue weighted by Crippen LogP contribution is 2.27. The van der Waals surface area contributed by atoms with Crippen molar-refractivity contribution in [2.45, 2.75) is 44.0 Å². The second-order valence-electron chi connectivity index (χ2n) is 8.38. The van der Waals surface area contributed by atoms with Crippen LogP contribution in [0.4, 0.5) is 0 Å². The van der Waals surface area contributed by atoms with Crippen molar-refractivity contribution >= 4 is 27.8 Å². The van der Waals surface area contributed by atoms with Crippen LogP contribution >= 0.6 is 0 Å². The SMILES string of the molecule is Cc1ccc(S(=O)(=O)N2CCCC[C@@H]2C)cc1C(=O)OCCN1C(=O)c2ccccc2C1=O. The van der Waals surface area contributed by atoms with Crippen LogP contribution in [0.2, 0.25) is 0 Å². The minimum atomic E-state index is -3.73. The maximum absolute atomic E-state index is 13.1. The van der Waals surface area contributed by atoms with E-state index in [4.69, 9.17) is 4.74 Å². The molecule has 9 heteroatoms. The molecule has 0 spiro atoms. The monoisotopic (exact) mass is 470 g/mol. The lowest BCUT2D eigenvalue weighted by molar-refractivity contribution is 0.0419. The van der Waals surface area contributed by atoms with E-state index in [0.717, 1.165) is 24.2 Å². The van der Waals surface area contributed by atoms with Gasteiger partial charge in [0.2, 0.25) is 10.0 Å². The number of carbonyl (C=O) groups excluding carboxylic acids is 3. The maximum atomic E-state index is 13.1. The number of imide groups is 1. The van der Waals surface area contributed by atoms with Crippen LogP contribution in [0, 0.1) is 6.92 Å². The lowest BCUT2D eigenvalue weighted by atomic mass is 10.1. The Bertz CT molecular complexity index is 1190. The molecule has 174 valence electrons. The number of rotatable bonds is 6. The normalized spacial score (nSPS) is 19.0. The van der Waals surface area contributed by atoms with E-state index >= 15 is 0 Å². The zero-order valence-corrected chi connectivity index (χ0v) is 19.4. The summed E-state index contributed by atoms with van der Waals surface area (Å²) < 4.78 is 33.1. The Balaban J connectivity index is 1.45. The fraction of sp³-hybridized carbons (Fsp3) is 0.375. The summed E-state index contributed by atoms with van der Waals surface area (Å²) in [6.45, 7) is 3.77. The third kappa shape index (κ3) is 4.30. The molecule has 2 aliphatic rings. The van der Waals surface area contributed by atoms with E-state index in [-0.39, 0.29) is 29.7 Å². The van der Waals surface area contributed by atoms with Gasteiger partial charge in [-0.3, -0.25) is 14.5 Å². The Morgan fingerprint density at radius 2 is 1.73 bits per heavy atom. The van der Waals surface area contributed by atoms with E-state index in [1.807, 2.05) is 6.92 Å². The molecule has 1 fully saturated rings. The highest BCUT2D eigenvalue weighted by molar-refractivity contribution is 7.89. The molecule has 0 saturated carbocycles. The van der Waals surface area contributed by atoms with E-state index in [0.29, 0.717) is 23.2 Å². The summed E-state index contributed by atoms with van der Waals surface area (Å²) in [6.07, 6.45) is 2.60. The summed E-state index contributed by atoms with van der Waals surface area (Å²) in [7, 11) is -3.73. The molecule has 2 amide bonds. The van der Waals surface area contributed by atoms with Crippen molar-refractivity contribution in [3.8, 4) is 0 Å². The molecular weight excluding hydrogens is 444 g/mol. The average molecular weight is 471 g/mol. The summed E-state index contributed by atoms with van der Waals surface area (Å²) in [4.78, 5) is 38.7. The van der Waals surface area contributed by atoms with E-state index in [1.165, 1.54) is 16.4 Å². The maximum Gasteiger partial charge on any atom is 0.338 e. The Morgan fingerprint density at radius 1 is 1.06 bits per heavy atom. The van der Waals surface area contributed by atoms with Gasteiger partial charge in [-0.1, -0.05) is 24.6 Å². The number of hydrogen-bond acceptors (Lipinski definition) is 6. The Hall–Kier alpha value is -3.04. The number of aryl methyl sites for hydroxylation is 1. The minimum Gasteiger partial charge on any atom is -0.460 e. The number of fused-ring (bicyclic) bond motifs is 1. The molecule has 0 bridgehead atoms. The van der Waals surface area contributed by atoms with Gasteiger partial charge in [-0.15, -0.1) is 0 Å². The number of esters is 1. The van der Waals surface area contributed by atoms with Crippen molar-refractivity contribution in [3.05, 3.63) is 64.7 Å². The largest absolute Gasteiger partial charge is 0.460 e. The molecule has 0 N–H and O–H groups in total. The fourth-order valence-electron chi connectivity index (χ4n) is 4.30. The highest BCUT2D eigenvalue weighted by atomic mass is 32.2. The molecule has 2 aliphatic heterocycles. The fourth-order valence-corrected chi connectivity index (χ4v) is 6.02. The predicted octanol–water partition coefficient (Wildman–Crippen LogP) is 3.01. The first-order chi connectivity index (χ1) is 15.7. The second kappa shape index (κ2) is 9.07. The molecule has 0 unspecified atom stereocenters. The van der Waals surface area contributed by atoms with Crippen molar-refractivity contribution in [2.75, 3.05) is 19.7 Å². The number of benzene rings is 2. The zero-order valence-electron chi connectivity index (χ0n) is 18.6. The number of hydrogen-bond donors (Lipinski definition) is 0. The third-order valence-electron chi connectivity index (χ3n) is 6.20. The van der Waals surface area contributed by atoms with Gasteiger partial charge in [-0.2, -0.15) is 4.31 Å². The van der Waals surface area contributed by atoms with E-state index in [1.54, 1.807) is 37.3 Å². The van der Waals surface area contributed by atoms with Gasteiger partial charge in [0.05, 0.1) is 28.1 Å². The number of ether oxygens (including phenoxy) is 1. The smallest absolute Gasteiger partial charge is 0.338 e. The quantitative estimate of drug-likeness (QED) is 0.475. The molecule has 2 aromatic rings. The Kier molecular flexibility index (Phi) is 6.36. The van der Waals surface area contributed by atoms with Gasteiger partial charge in [-0.05, 0) is 56.5 Å². The molecule has 2 heterocycles. The van der Waals surface area contributed by atoms with Gasteiger partial charge < -0.3 is 4.74 Å². The molecule has 4 rings (SSSR count). The lowest BCUT2D eigenvalue weighted by Gasteiger charge is -2.32. The number of amides is 2. The van der Waals surface area contributed by atoms with Gasteiger partial charge >= 0.3 is 5.97 Å². The summed E-state index contributed by atoms with van der Waals surface area (Å²) in [6, 6.07) is 10.9. The number of sulfonamides is 1. The van der Waals surface area contributed by atoms with Crippen molar-refractivity contribution in [3.63, 3.8) is 0 Å². The van der Waals surface area contributed by atoms with Crippen LogP contribution in [0.15, 0.2) is 47.4 Å². The van der Waals surface area contributed by atoms with Crippen molar-refractivity contribution < 1.29 is 27.5 Å². The van der Waals surface area contributed by atoms with Crippen molar-refractivity contribution in [2.24, 2.45) is 0 Å².